The first-order chi connectivity index (χ1) is 7.59. The second-order valence-corrected chi connectivity index (χ2v) is 4.65. The van der Waals surface area contributed by atoms with Crippen LogP contribution in [-0.2, 0) is 10.3 Å². The molecule has 1 aromatic rings. The molecule has 1 aliphatic carbocycles. The maximum absolute atomic E-state index is 13.8. The van der Waals surface area contributed by atoms with E-state index in [2.05, 4.69) is 0 Å². The highest BCUT2D eigenvalue weighted by Crippen LogP contribution is 2.48. The predicted molar refractivity (Wildman–Crippen MR) is 61.8 cm³/mol. The Hall–Kier alpha value is -1.13. The lowest BCUT2D eigenvalue weighted by atomic mass is 9.96. The molecule has 88 valence electrons. The van der Waals surface area contributed by atoms with Crippen LogP contribution >= 0.6 is 0 Å². The summed E-state index contributed by atoms with van der Waals surface area (Å²) in [5.41, 5.74) is 1.55. The quantitative estimate of drug-likeness (QED) is 0.793. The third-order valence-corrected chi connectivity index (χ3v) is 3.26. The summed E-state index contributed by atoms with van der Waals surface area (Å²) < 4.78 is 13.8. The molecular weight excluding hydrogens is 207 g/mol. The third kappa shape index (κ3) is 1.90. The van der Waals surface area contributed by atoms with Crippen LogP contribution in [0.2, 0.25) is 0 Å². The van der Waals surface area contributed by atoms with Crippen molar-refractivity contribution < 1.29 is 9.23 Å². The van der Waals surface area contributed by atoms with Crippen LogP contribution in [0.15, 0.2) is 18.2 Å². The minimum atomic E-state index is -0.189. The highest BCUT2D eigenvalue weighted by molar-refractivity contribution is 5.49. The minimum absolute atomic E-state index is 0.0412. The van der Waals surface area contributed by atoms with E-state index in [1.807, 2.05) is 20.2 Å². The Labute approximate surface area is 94.9 Å². The predicted octanol–water partition coefficient (Wildman–Crippen LogP) is 1.81. The molecule has 1 fully saturated rings. The van der Waals surface area contributed by atoms with Crippen molar-refractivity contribution in [3.63, 3.8) is 0 Å². The van der Waals surface area contributed by atoms with Gasteiger partial charge < -0.3 is 9.74 Å². The molecule has 2 N–H and O–H groups in total. The largest absolute Gasteiger partial charge is 0.375 e. The average Bonchev–Trinajstić information content (AvgIpc) is 2.99. The number of anilines is 1. The van der Waals surface area contributed by atoms with Gasteiger partial charge >= 0.3 is 0 Å². The van der Waals surface area contributed by atoms with Crippen LogP contribution < -0.4 is 10.8 Å². The van der Waals surface area contributed by atoms with Crippen molar-refractivity contribution in [1.82, 2.24) is 0 Å². The van der Waals surface area contributed by atoms with Crippen LogP contribution in [0.5, 0.6) is 0 Å². The monoisotopic (exact) mass is 224 g/mol. The number of rotatable bonds is 4. The van der Waals surface area contributed by atoms with E-state index in [0.29, 0.717) is 12.3 Å². The lowest BCUT2D eigenvalue weighted by Crippen LogP contribution is -2.19. The number of nitrogens with zero attached hydrogens (tertiary/aromatic N) is 1. The molecule has 0 saturated heterocycles. The lowest BCUT2D eigenvalue weighted by Gasteiger charge is -2.18. The van der Waals surface area contributed by atoms with E-state index in [1.54, 1.807) is 17.0 Å². The molecule has 0 amide bonds. The summed E-state index contributed by atoms with van der Waals surface area (Å²) in [5, 5.41) is 0. The molecule has 0 unspecified atom stereocenters. The Morgan fingerprint density at radius 2 is 2.12 bits per heavy atom. The molecular formula is C12H17FN2O. The smallest absolute Gasteiger partial charge is 0.146 e. The summed E-state index contributed by atoms with van der Waals surface area (Å²) in [5.74, 6) is 4.92. The molecule has 1 saturated carbocycles. The topological polar surface area (TPSA) is 38.5 Å². The van der Waals surface area contributed by atoms with Crippen LogP contribution in [0.1, 0.15) is 18.4 Å². The van der Waals surface area contributed by atoms with Gasteiger partial charge in [0.05, 0.1) is 12.3 Å². The molecule has 1 aromatic carbocycles. The van der Waals surface area contributed by atoms with Crippen LogP contribution in [0.25, 0.3) is 0 Å². The summed E-state index contributed by atoms with van der Waals surface area (Å²) >= 11 is 0. The van der Waals surface area contributed by atoms with Crippen molar-refractivity contribution in [3.05, 3.63) is 29.6 Å². The first kappa shape index (κ1) is 11.4. The molecule has 4 heteroatoms. The average molecular weight is 224 g/mol. The maximum atomic E-state index is 13.8. The van der Waals surface area contributed by atoms with Crippen molar-refractivity contribution >= 4 is 5.69 Å². The summed E-state index contributed by atoms with van der Waals surface area (Å²) in [6, 6.07) is 5.37. The van der Waals surface area contributed by atoms with Gasteiger partial charge in [0.15, 0.2) is 0 Å². The fourth-order valence-electron chi connectivity index (χ4n) is 2.03. The Kier molecular flexibility index (Phi) is 2.86. The lowest BCUT2D eigenvalue weighted by molar-refractivity contribution is 0.116. The van der Waals surface area contributed by atoms with Gasteiger partial charge in [-0.2, -0.15) is 0 Å². The van der Waals surface area contributed by atoms with Gasteiger partial charge in [0.25, 0.3) is 0 Å². The molecule has 0 atom stereocenters. The normalized spacial score (nSPS) is 17.2. The van der Waals surface area contributed by atoms with Gasteiger partial charge in [-0.1, -0.05) is 6.07 Å². The van der Waals surface area contributed by atoms with Gasteiger partial charge in [0.1, 0.15) is 5.82 Å². The fourth-order valence-corrected chi connectivity index (χ4v) is 2.03. The standard InChI is InChI=1S/C12H17FN2O/c1-15(2)11-4-3-9(7-10(11)13)12(5-6-12)8-16-14/h3-4,7H,5-6,8,14H2,1-2H3. The van der Waals surface area contributed by atoms with E-state index in [-0.39, 0.29) is 11.2 Å². The number of benzene rings is 1. The van der Waals surface area contributed by atoms with Crippen LogP contribution in [0, 0.1) is 5.82 Å². The maximum Gasteiger partial charge on any atom is 0.146 e. The Bertz CT molecular complexity index is 389. The van der Waals surface area contributed by atoms with Gasteiger partial charge in [0.2, 0.25) is 0 Å². The molecule has 1 aliphatic rings. The number of halogens is 1. The van der Waals surface area contributed by atoms with Crippen molar-refractivity contribution in [2.45, 2.75) is 18.3 Å². The second-order valence-electron chi connectivity index (χ2n) is 4.65. The number of hydrogen-bond donors (Lipinski definition) is 1. The van der Waals surface area contributed by atoms with Gasteiger partial charge in [-0.05, 0) is 30.5 Å². The molecule has 3 nitrogen and oxygen atoms in total. The van der Waals surface area contributed by atoms with E-state index in [9.17, 15) is 4.39 Å². The van der Waals surface area contributed by atoms with Crippen LogP contribution in [0.3, 0.4) is 0 Å². The first-order valence-electron chi connectivity index (χ1n) is 5.38. The SMILES string of the molecule is CN(C)c1ccc(C2(CON)CC2)cc1F. The van der Waals surface area contributed by atoms with Crippen molar-refractivity contribution in [2.24, 2.45) is 5.90 Å². The fraction of sp³-hybridized carbons (Fsp3) is 0.500. The van der Waals surface area contributed by atoms with Crippen LogP contribution in [-0.4, -0.2) is 20.7 Å². The molecule has 0 spiro atoms. The summed E-state index contributed by atoms with van der Waals surface area (Å²) in [6.07, 6.45) is 2.04. The molecule has 0 aliphatic heterocycles. The Balaban J connectivity index is 2.28. The van der Waals surface area contributed by atoms with Gasteiger partial charge in [-0.15, -0.1) is 0 Å². The van der Waals surface area contributed by atoms with Crippen LogP contribution in [0.4, 0.5) is 10.1 Å². The zero-order valence-electron chi connectivity index (χ0n) is 9.66. The molecule has 0 aromatic heterocycles. The summed E-state index contributed by atoms with van der Waals surface area (Å²) in [7, 11) is 3.65. The van der Waals surface area contributed by atoms with Crippen molar-refractivity contribution in [2.75, 3.05) is 25.6 Å². The van der Waals surface area contributed by atoms with Gasteiger partial charge in [-0.25, -0.2) is 10.3 Å². The van der Waals surface area contributed by atoms with Gasteiger partial charge in [-0.3, -0.25) is 0 Å². The van der Waals surface area contributed by atoms with E-state index < -0.39 is 0 Å². The third-order valence-electron chi connectivity index (χ3n) is 3.26. The zero-order chi connectivity index (χ0) is 11.8. The van der Waals surface area contributed by atoms with E-state index in [4.69, 9.17) is 10.7 Å². The van der Waals surface area contributed by atoms with Crippen molar-refractivity contribution in [1.29, 1.82) is 0 Å². The first-order valence-corrected chi connectivity index (χ1v) is 5.38. The molecule has 0 heterocycles. The highest BCUT2D eigenvalue weighted by Gasteiger charge is 2.44. The van der Waals surface area contributed by atoms with E-state index in [0.717, 1.165) is 18.4 Å². The molecule has 0 bridgehead atoms. The number of hydrogen-bond acceptors (Lipinski definition) is 3. The molecule has 0 radical (unpaired) electrons. The molecule has 2 rings (SSSR count). The Morgan fingerprint density at radius 1 is 1.44 bits per heavy atom. The van der Waals surface area contributed by atoms with Crippen molar-refractivity contribution in [3.8, 4) is 0 Å². The second kappa shape index (κ2) is 4.03. The zero-order valence-corrected chi connectivity index (χ0v) is 9.66. The summed E-state index contributed by atoms with van der Waals surface area (Å²) in [6.45, 7) is 0.466. The van der Waals surface area contributed by atoms with E-state index in [1.165, 1.54) is 0 Å². The van der Waals surface area contributed by atoms with E-state index >= 15 is 0 Å². The highest BCUT2D eigenvalue weighted by atomic mass is 19.1. The summed E-state index contributed by atoms with van der Waals surface area (Å²) in [4.78, 5) is 6.47. The molecule has 16 heavy (non-hydrogen) atoms. The Morgan fingerprint density at radius 3 is 2.56 bits per heavy atom. The minimum Gasteiger partial charge on any atom is -0.375 e. The van der Waals surface area contributed by atoms with Gasteiger partial charge in [0, 0.05) is 19.5 Å². The number of nitrogens with two attached hydrogens (primary N) is 1.